The van der Waals surface area contributed by atoms with Crippen molar-refractivity contribution in [1.29, 1.82) is 0 Å². The molecule has 0 aliphatic heterocycles. The van der Waals surface area contributed by atoms with Gasteiger partial charge in [-0.05, 0) is 24.1 Å². The molecule has 6 nitrogen and oxygen atoms in total. The Kier molecular flexibility index (Phi) is 11.2. The summed E-state index contributed by atoms with van der Waals surface area (Å²) in [6.07, 6.45) is 0.781. The number of aliphatic hydroxyl groups excluding tert-OH is 1. The predicted molar refractivity (Wildman–Crippen MR) is 132 cm³/mol. The van der Waals surface area contributed by atoms with Crippen molar-refractivity contribution >= 4 is 52.9 Å². The molecule has 3 aromatic carbocycles. The van der Waals surface area contributed by atoms with Crippen LogP contribution in [0, 0.1) is 0 Å². The number of benzene rings is 3. The van der Waals surface area contributed by atoms with Crippen molar-refractivity contribution < 1.29 is 28.9 Å². The zero-order valence-corrected chi connectivity index (χ0v) is 18.7. The minimum absolute atomic E-state index is 0. The molecule has 0 radical (unpaired) electrons. The van der Waals surface area contributed by atoms with Crippen molar-refractivity contribution in [3.63, 3.8) is 0 Å². The van der Waals surface area contributed by atoms with Gasteiger partial charge in [-0.3, -0.25) is 4.79 Å². The molecule has 34 heavy (non-hydrogen) atoms. The molecule has 0 aliphatic rings. The monoisotopic (exact) mass is 490 g/mol. The van der Waals surface area contributed by atoms with Crippen LogP contribution < -0.4 is 9.47 Å². The third kappa shape index (κ3) is 7.92. The molecule has 8 heteroatoms. The topological polar surface area (TPSA) is 82.1 Å². The number of carbonyl (C=O) groups is 2. The number of hydrogen-bond donors (Lipinski definition) is 1. The van der Waals surface area contributed by atoms with E-state index in [0.717, 1.165) is 17.2 Å². The van der Waals surface area contributed by atoms with E-state index in [2.05, 4.69) is 0 Å². The van der Waals surface area contributed by atoms with E-state index in [9.17, 15) is 14.7 Å². The molecule has 0 saturated heterocycles. The summed E-state index contributed by atoms with van der Waals surface area (Å²) >= 11 is 6.37. The summed E-state index contributed by atoms with van der Waals surface area (Å²) < 4.78 is 16.4. The van der Waals surface area contributed by atoms with E-state index in [-0.39, 0.29) is 65.7 Å². The van der Waals surface area contributed by atoms with Crippen molar-refractivity contribution in [3.8, 4) is 11.5 Å². The molecule has 0 spiro atoms. The molecule has 0 aromatic heterocycles. The van der Waals surface area contributed by atoms with Gasteiger partial charge in [-0.1, -0.05) is 72.3 Å². The number of carbonyl (C=O) groups excluding carboxylic acids is 2. The van der Waals surface area contributed by atoms with Crippen molar-refractivity contribution in [2.45, 2.75) is 20.1 Å². The SMILES string of the molecule is CCOC(=O)/C(O)=C/C(=O)c1cc(Cl)c(OCc2ccccc2)cc1OCc1ccccc1.[NaH]. The van der Waals surface area contributed by atoms with Gasteiger partial charge < -0.3 is 19.3 Å². The summed E-state index contributed by atoms with van der Waals surface area (Å²) in [5.41, 5.74) is 1.91. The van der Waals surface area contributed by atoms with Gasteiger partial charge in [0, 0.05) is 12.1 Å². The van der Waals surface area contributed by atoms with Crippen molar-refractivity contribution in [2.24, 2.45) is 0 Å². The number of halogens is 1. The zero-order valence-electron chi connectivity index (χ0n) is 18.0. The van der Waals surface area contributed by atoms with Gasteiger partial charge in [0.05, 0.1) is 17.2 Å². The first kappa shape index (κ1) is 27.5. The van der Waals surface area contributed by atoms with Gasteiger partial charge in [-0.15, -0.1) is 0 Å². The van der Waals surface area contributed by atoms with Crippen molar-refractivity contribution in [1.82, 2.24) is 0 Å². The Hall–Kier alpha value is -2.77. The first-order valence-corrected chi connectivity index (χ1v) is 10.6. The second-order valence-electron chi connectivity index (χ2n) is 6.94. The second-order valence-corrected chi connectivity index (χ2v) is 7.35. The number of rotatable bonds is 10. The van der Waals surface area contributed by atoms with Crippen LogP contribution in [0.1, 0.15) is 28.4 Å². The van der Waals surface area contributed by atoms with Gasteiger partial charge >= 0.3 is 35.5 Å². The van der Waals surface area contributed by atoms with Crippen molar-refractivity contribution in [3.05, 3.63) is 106 Å². The van der Waals surface area contributed by atoms with E-state index in [1.807, 2.05) is 60.7 Å². The molecule has 0 heterocycles. The number of ether oxygens (including phenoxy) is 3. The summed E-state index contributed by atoms with van der Waals surface area (Å²) in [5, 5.41) is 10.1. The van der Waals surface area contributed by atoms with Crippen LogP contribution in [0.15, 0.2) is 84.6 Å². The van der Waals surface area contributed by atoms with Crippen LogP contribution >= 0.6 is 11.6 Å². The normalized spacial score (nSPS) is 10.7. The van der Waals surface area contributed by atoms with Crippen LogP contribution in [0.4, 0.5) is 0 Å². The van der Waals surface area contributed by atoms with Gasteiger partial charge in [-0.2, -0.15) is 0 Å². The Bertz CT molecular complexity index is 1130. The maximum atomic E-state index is 12.8. The summed E-state index contributed by atoms with van der Waals surface area (Å²) in [6, 6.07) is 21.9. The molecule has 0 aliphatic carbocycles. The fraction of sp³-hybridized carbons (Fsp3) is 0.154. The molecule has 1 N–H and O–H groups in total. The van der Waals surface area contributed by atoms with Crippen LogP contribution in [-0.2, 0) is 22.7 Å². The van der Waals surface area contributed by atoms with Gasteiger partial charge in [0.2, 0.25) is 5.76 Å². The Balaban J connectivity index is 0.00000408. The average molecular weight is 491 g/mol. The standard InChI is InChI=1S/C26H23ClO6.Na.H/c1-2-31-26(30)23(29)14-22(28)20-13-21(27)25(33-17-19-11-7-4-8-12-19)15-24(20)32-16-18-9-5-3-6-10-18;;/h3-15,29H,2,16-17H2,1H3;;/b23-14-;;. The number of esters is 1. The fourth-order valence-corrected chi connectivity index (χ4v) is 3.11. The van der Waals surface area contributed by atoms with E-state index in [0.29, 0.717) is 5.75 Å². The third-order valence-electron chi connectivity index (χ3n) is 4.53. The molecular weight excluding hydrogens is 467 g/mol. The van der Waals surface area contributed by atoms with Gasteiger partial charge in [0.15, 0.2) is 5.78 Å². The zero-order chi connectivity index (χ0) is 23.6. The summed E-state index contributed by atoms with van der Waals surface area (Å²) in [4.78, 5) is 24.5. The fourth-order valence-electron chi connectivity index (χ4n) is 2.89. The minimum atomic E-state index is -0.994. The second kappa shape index (κ2) is 13.8. The quantitative estimate of drug-likeness (QED) is 0.141. The molecule has 0 atom stereocenters. The Morgan fingerprint density at radius 2 is 1.41 bits per heavy atom. The van der Waals surface area contributed by atoms with E-state index < -0.39 is 17.5 Å². The van der Waals surface area contributed by atoms with Gasteiger partial charge in [0.1, 0.15) is 24.7 Å². The summed E-state index contributed by atoms with van der Waals surface area (Å²) in [7, 11) is 0. The number of hydrogen-bond acceptors (Lipinski definition) is 6. The Morgan fingerprint density at radius 3 is 1.94 bits per heavy atom. The number of ketones is 1. The van der Waals surface area contributed by atoms with Crippen molar-refractivity contribution in [2.75, 3.05) is 6.61 Å². The average Bonchev–Trinajstić information content (AvgIpc) is 2.83. The van der Waals surface area contributed by atoms with E-state index in [1.54, 1.807) is 6.92 Å². The van der Waals surface area contributed by atoms with Gasteiger partial charge in [0.25, 0.3) is 0 Å². The van der Waals surface area contributed by atoms with E-state index >= 15 is 0 Å². The van der Waals surface area contributed by atoms with Crippen LogP contribution in [-0.4, -0.2) is 53.0 Å². The third-order valence-corrected chi connectivity index (χ3v) is 4.82. The molecule has 0 saturated carbocycles. The van der Waals surface area contributed by atoms with Crippen LogP contribution in [0.5, 0.6) is 11.5 Å². The Morgan fingerprint density at radius 1 is 0.882 bits per heavy atom. The maximum absolute atomic E-state index is 12.8. The number of aliphatic hydroxyl groups is 1. The molecule has 0 unspecified atom stereocenters. The molecule has 172 valence electrons. The van der Waals surface area contributed by atoms with Crippen LogP contribution in [0.25, 0.3) is 0 Å². The number of allylic oxidation sites excluding steroid dienone is 1. The first-order valence-electron chi connectivity index (χ1n) is 10.3. The van der Waals surface area contributed by atoms with E-state index in [1.165, 1.54) is 12.1 Å². The van der Waals surface area contributed by atoms with Gasteiger partial charge in [-0.25, -0.2) is 4.79 Å². The first-order chi connectivity index (χ1) is 16.0. The van der Waals surface area contributed by atoms with E-state index in [4.69, 9.17) is 25.8 Å². The summed E-state index contributed by atoms with van der Waals surface area (Å²) in [5.74, 6) is -1.94. The molecule has 0 amide bonds. The predicted octanol–water partition coefficient (Wildman–Crippen LogP) is 5.04. The molecule has 3 rings (SSSR count). The molecule has 0 fully saturated rings. The van der Waals surface area contributed by atoms with Crippen LogP contribution in [0.2, 0.25) is 5.02 Å². The molecule has 0 bridgehead atoms. The Labute approximate surface area is 225 Å². The summed E-state index contributed by atoms with van der Waals surface area (Å²) in [6.45, 7) is 2.12. The van der Waals surface area contributed by atoms with Crippen LogP contribution in [0.3, 0.4) is 0 Å². The molecule has 3 aromatic rings. The molecular formula is C26H24ClNaO6.